The van der Waals surface area contributed by atoms with E-state index in [0.717, 1.165) is 12.1 Å². The Bertz CT molecular complexity index is 574. The maximum atomic E-state index is 13.5. The molecule has 0 unspecified atom stereocenters. The highest BCUT2D eigenvalue weighted by molar-refractivity contribution is 7.86. The van der Waals surface area contributed by atoms with Crippen LogP contribution >= 0.6 is 11.6 Å². The van der Waals surface area contributed by atoms with Gasteiger partial charge in [-0.15, -0.1) is 0 Å². The van der Waals surface area contributed by atoms with Crippen molar-refractivity contribution >= 4 is 28.4 Å². The van der Waals surface area contributed by atoms with E-state index in [1.807, 2.05) is 0 Å². The summed E-state index contributed by atoms with van der Waals surface area (Å²) in [5, 5.41) is 5.34. The van der Waals surface area contributed by atoms with Gasteiger partial charge in [0.2, 0.25) is 0 Å². The van der Waals surface area contributed by atoms with Crippen LogP contribution < -0.4 is 0 Å². The average Bonchev–Trinajstić information content (AvgIpc) is 2.24. The minimum Gasteiger partial charge on any atom is -0.478 e. The Labute approximate surface area is 123 Å². The third-order valence-electron chi connectivity index (χ3n) is 2.68. The van der Waals surface area contributed by atoms with E-state index in [1.54, 1.807) is 20.8 Å². The van der Waals surface area contributed by atoms with Crippen molar-refractivity contribution in [3.8, 4) is 0 Å². The number of rotatable bonds is 3. The molecule has 1 atom stereocenters. The van der Waals surface area contributed by atoms with Gasteiger partial charge in [0.25, 0.3) is 0 Å². The summed E-state index contributed by atoms with van der Waals surface area (Å²) in [6.07, 6.45) is 0. The quantitative estimate of drug-likeness (QED) is 0.858. The number of carbonyl (C=O) groups is 1. The molecule has 1 rings (SSSR count). The predicted octanol–water partition coefficient (Wildman–Crippen LogP) is 3.89. The number of carboxylic acids is 1. The highest BCUT2D eigenvalue weighted by atomic mass is 35.5. The first-order valence-corrected chi connectivity index (χ1v) is 7.26. The van der Waals surface area contributed by atoms with Gasteiger partial charge in [0, 0.05) is 4.75 Å². The highest BCUT2D eigenvalue weighted by Gasteiger charge is 2.37. The lowest BCUT2D eigenvalue weighted by Crippen LogP contribution is -2.25. The average molecular weight is 325 g/mol. The van der Waals surface area contributed by atoms with Crippen LogP contribution in [0.3, 0.4) is 0 Å². The molecule has 0 radical (unpaired) electrons. The van der Waals surface area contributed by atoms with Crippen molar-refractivity contribution in [1.82, 2.24) is 0 Å². The molecular formula is C13H15ClF2O3S. The van der Waals surface area contributed by atoms with E-state index < -0.39 is 32.5 Å². The Morgan fingerprint density at radius 2 is 1.80 bits per heavy atom. The van der Waals surface area contributed by atoms with Crippen LogP contribution in [0.25, 0.3) is 0 Å². The van der Waals surface area contributed by atoms with Crippen molar-refractivity contribution < 1.29 is 22.9 Å². The molecule has 0 saturated heterocycles. The molecule has 0 aliphatic carbocycles. The molecule has 20 heavy (non-hydrogen) atoms. The minimum absolute atomic E-state index is 0.0450. The van der Waals surface area contributed by atoms with E-state index in [0.29, 0.717) is 0 Å². The summed E-state index contributed by atoms with van der Waals surface area (Å²) in [5.41, 5.74) is -0.735. The van der Waals surface area contributed by atoms with Crippen molar-refractivity contribution in [3.05, 3.63) is 28.8 Å². The van der Waals surface area contributed by atoms with E-state index in [2.05, 4.69) is 0 Å². The fourth-order valence-corrected chi connectivity index (χ4v) is 3.30. The van der Waals surface area contributed by atoms with Crippen LogP contribution in [0.15, 0.2) is 17.0 Å². The summed E-state index contributed by atoms with van der Waals surface area (Å²) in [7, 11) is -1.82. The van der Waals surface area contributed by atoms with Gasteiger partial charge < -0.3 is 5.11 Å². The number of carboxylic acid groups (broad SMARTS) is 1. The maximum Gasteiger partial charge on any atom is 0.349 e. The standard InChI is InChI=1S/C13H15ClF2O3S/c1-7-8(11(17)18)5-6-9(13(14,15)16)10(7)20(19)12(2,3)4/h5-6H,1-4H3,(H,17,18)/t20-/m1/s1. The lowest BCUT2D eigenvalue weighted by atomic mass is 10.0. The van der Waals surface area contributed by atoms with Crippen molar-refractivity contribution in [1.29, 1.82) is 0 Å². The third-order valence-corrected chi connectivity index (χ3v) is 4.90. The normalized spacial score (nSPS) is 14.2. The van der Waals surface area contributed by atoms with Crippen molar-refractivity contribution in [2.45, 2.75) is 42.7 Å². The van der Waals surface area contributed by atoms with E-state index in [-0.39, 0.29) is 16.0 Å². The molecule has 1 aromatic rings. The van der Waals surface area contributed by atoms with Crippen LogP contribution in [-0.4, -0.2) is 20.0 Å². The first kappa shape index (κ1) is 17.0. The largest absolute Gasteiger partial charge is 0.478 e. The second kappa shape index (κ2) is 5.41. The lowest BCUT2D eigenvalue weighted by molar-refractivity contribution is 0.0693. The van der Waals surface area contributed by atoms with E-state index >= 15 is 0 Å². The molecular weight excluding hydrogens is 310 g/mol. The molecule has 0 aromatic heterocycles. The molecule has 0 saturated carbocycles. The highest BCUT2D eigenvalue weighted by Crippen LogP contribution is 2.40. The second-order valence-corrected chi connectivity index (χ2v) is 7.94. The van der Waals surface area contributed by atoms with Gasteiger partial charge in [0.1, 0.15) is 0 Å². The van der Waals surface area contributed by atoms with Crippen LogP contribution in [0, 0.1) is 6.92 Å². The summed E-state index contributed by atoms with van der Waals surface area (Å²) in [5.74, 6) is -1.26. The maximum absolute atomic E-state index is 13.5. The number of hydrogen-bond acceptors (Lipinski definition) is 2. The van der Waals surface area contributed by atoms with Gasteiger partial charge in [0.15, 0.2) is 0 Å². The topological polar surface area (TPSA) is 54.4 Å². The first-order valence-electron chi connectivity index (χ1n) is 5.73. The van der Waals surface area contributed by atoms with Crippen LogP contribution in [0.1, 0.15) is 42.3 Å². The zero-order chi connectivity index (χ0) is 15.9. The van der Waals surface area contributed by atoms with Gasteiger partial charge in [-0.1, -0.05) is 0 Å². The molecule has 0 bridgehead atoms. The number of alkyl halides is 3. The molecule has 0 heterocycles. The molecule has 0 aliphatic rings. The van der Waals surface area contributed by atoms with Gasteiger partial charge >= 0.3 is 11.4 Å². The van der Waals surface area contributed by atoms with E-state index in [4.69, 9.17) is 16.7 Å². The molecule has 7 heteroatoms. The van der Waals surface area contributed by atoms with Crippen LogP contribution in [0.2, 0.25) is 0 Å². The fourth-order valence-electron chi connectivity index (χ4n) is 1.69. The van der Waals surface area contributed by atoms with Gasteiger partial charge in [-0.2, -0.15) is 8.78 Å². The Morgan fingerprint density at radius 3 is 2.15 bits per heavy atom. The Hall–Kier alpha value is -1.01. The lowest BCUT2D eigenvalue weighted by Gasteiger charge is -2.24. The summed E-state index contributed by atoms with van der Waals surface area (Å²) < 4.78 is 38.6. The van der Waals surface area contributed by atoms with Gasteiger partial charge in [-0.3, -0.25) is 4.21 Å². The molecule has 1 aromatic carbocycles. The smallest absolute Gasteiger partial charge is 0.349 e. The third kappa shape index (κ3) is 3.35. The van der Waals surface area contributed by atoms with Crippen molar-refractivity contribution in [2.24, 2.45) is 0 Å². The molecule has 0 amide bonds. The van der Waals surface area contributed by atoms with Gasteiger partial charge in [-0.25, -0.2) is 4.79 Å². The molecule has 112 valence electrons. The summed E-state index contributed by atoms with van der Waals surface area (Å²) in [6.45, 7) is 6.21. The first-order chi connectivity index (χ1) is 8.87. The summed E-state index contributed by atoms with van der Waals surface area (Å²) >= 11 is 5.05. The van der Waals surface area contributed by atoms with E-state index in [9.17, 15) is 17.8 Å². The van der Waals surface area contributed by atoms with Gasteiger partial charge in [0.05, 0.1) is 26.8 Å². The number of aromatic carboxylic acids is 1. The number of benzene rings is 1. The summed E-state index contributed by atoms with van der Waals surface area (Å²) in [4.78, 5) is 10.9. The van der Waals surface area contributed by atoms with E-state index in [1.165, 1.54) is 6.92 Å². The Kier molecular flexibility index (Phi) is 4.61. The Morgan fingerprint density at radius 1 is 1.30 bits per heavy atom. The second-order valence-electron chi connectivity index (χ2n) is 5.30. The predicted molar refractivity (Wildman–Crippen MR) is 74.0 cm³/mol. The summed E-state index contributed by atoms with van der Waals surface area (Å²) in [6, 6.07) is 1.97. The zero-order valence-electron chi connectivity index (χ0n) is 11.5. The number of hydrogen-bond donors (Lipinski definition) is 1. The number of halogens is 3. The SMILES string of the molecule is Cc1c(C(=O)O)ccc(C(F)(F)Cl)c1[S@@](=O)C(C)(C)C. The van der Waals surface area contributed by atoms with Gasteiger partial charge in [-0.05, 0) is 57.0 Å². The van der Waals surface area contributed by atoms with Crippen molar-refractivity contribution in [3.63, 3.8) is 0 Å². The van der Waals surface area contributed by atoms with Crippen LogP contribution in [-0.2, 0) is 16.2 Å². The van der Waals surface area contributed by atoms with Crippen molar-refractivity contribution in [2.75, 3.05) is 0 Å². The molecule has 3 nitrogen and oxygen atoms in total. The van der Waals surface area contributed by atoms with Crippen LogP contribution in [0.4, 0.5) is 8.78 Å². The zero-order valence-corrected chi connectivity index (χ0v) is 13.0. The molecule has 0 spiro atoms. The Balaban J connectivity index is 3.71. The fraction of sp³-hybridized carbons (Fsp3) is 0.462. The molecule has 0 fully saturated rings. The molecule has 0 aliphatic heterocycles. The monoisotopic (exact) mass is 324 g/mol. The minimum atomic E-state index is -3.71. The van der Waals surface area contributed by atoms with Crippen LogP contribution in [0.5, 0.6) is 0 Å². The molecule has 1 N–H and O–H groups in total.